The summed E-state index contributed by atoms with van der Waals surface area (Å²) in [5, 5.41) is 6.40. The third-order valence-corrected chi connectivity index (χ3v) is 7.02. The second-order valence-electron chi connectivity index (χ2n) is 9.01. The second kappa shape index (κ2) is 11.7. The molecule has 5 aromatic rings. The highest BCUT2D eigenvalue weighted by Gasteiger charge is 2.17. The molecule has 0 atom stereocenters. The Balaban J connectivity index is 1.35. The minimum absolute atomic E-state index is 0.175. The molecule has 6 nitrogen and oxygen atoms in total. The molecule has 0 saturated carbocycles. The fourth-order valence-electron chi connectivity index (χ4n) is 4.04. The number of hydrogen-bond donors (Lipinski definition) is 2. The molecule has 0 aliphatic heterocycles. The molecule has 0 radical (unpaired) electrons. The highest BCUT2D eigenvalue weighted by Crippen LogP contribution is 2.25. The number of fused-ring (bicyclic) bond motifs is 1. The zero-order valence-electron chi connectivity index (χ0n) is 21.2. The number of ketones is 1. The van der Waals surface area contributed by atoms with Crippen LogP contribution in [0.4, 0.5) is 11.4 Å². The van der Waals surface area contributed by atoms with Crippen molar-refractivity contribution in [2.75, 3.05) is 10.6 Å². The van der Waals surface area contributed by atoms with E-state index in [0.29, 0.717) is 16.9 Å². The van der Waals surface area contributed by atoms with Crippen molar-refractivity contribution in [3.05, 3.63) is 130 Å². The summed E-state index contributed by atoms with van der Waals surface area (Å²) in [5.74, 6) is -0.859. The molecule has 0 fully saturated rings. The van der Waals surface area contributed by atoms with Crippen LogP contribution in [0.15, 0.2) is 103 Å². The summed E-state index contributed by atoms with van der Waals surface area (Å²) in [6.45, 7) is 1.99. The van der Waals surface area contributed by atoms with Crippen molar-refractivity contribution >= 4 is 56.6 Å². The van der Waals surface area contributed by atoms with Crippen LogP contribution in [0.2, 0.25) is 0 Å². The Morgan fingerprint density at radius 3 is 2.36 bits per heavy atom. The quantitative estimate of drug-likeness (QED) is 0.173. The van der Waals surface area contributed by atoms with Gasteiger partial charge in [-0.15, -0.1) is 11.3 Å². The van der Waals surface area contributed by atoms with Gasteiger partial charge >= 0.3 is 0 Å². The van der Waals surface area contributed by atoms with Crippen molar-refractivity contribution < 1.29 is 14.4 Å². The smallest absolute Gasteiger partial charge is 0.248 e. The van der Waals surface area contributed by atoms with Gasteiger partial charge in [0.05, 0.1) is 22.3 Å². The number of aromatic nitrogens is 1. The van der Waals surface area contributed by atoms with Gasteiger partial charge in [0.2, 0.25) is 11.8 Å². The first-order valence-corrected chi connectivity index (χ1v) is 13.2. The maximum absolute atomic E-state index is 13.4. The Kier molecular flexibility index (Phi) is 7.70. The first-order chi connectivity index (χ1) is 18.9. The number of nitrogens with one attached hydrogen (secondary N) is 2. The second-order valence-corrected chi connectivity index (χ2v) is 10.1. The molecular weight excluding hydrogens is 506 g/mol. The van der Waals surface area contributed by atoms with E-state index in [1.54, 1.807) is 48.5 Å². The van der Waals surface area contributed by atoms with E-state index < -0.39 is 0 Å². The van der Waals surface area contributed by atoms with Crippen LogP contribution in [0.25, 0.3) is 16.3 Å². The molecule has 7 heteroatoms. The molecule has 0 unspecified atom stereocenters. The summed E-state index contributed by atoms with van der Waals surface area (Å²) in [5.41, 5.74) is 4.44. The van der Waals surface area contributed by atoms with Crippen LogP contribution in [-0.4, -0.2) is 22.6 Å². The van der Waals surface area contributed by atoms with E-state index in [-0.39, 0.29) is 29.6 Å². The summed E-state index contributed by atoms with van der Waals surface area (Å²) in [7, 11) is 0. The topological polar surface area (TPSA) is 88.2 Å². The van der Waals surface area contributed by atoms with Crippen molar-refractivity contribution in [1.82, 2.24) is 4.98 Å². The lowest BCUT2D eigenvalue weighted by molar-refractivity contribution is -0.115. The lowest BCUT2D eigenvalue weighted by Gasteiger charge is -2.13. The largest absolute Gasteiger partial charge is 0.325 e. The summed E-state index contributed by atoms with van der Waals surface area (Å²) >= 11 is 1.50. The van der Waals surface area contributed by atoms with E-state index in [0.717, 1.165) is 26.4 Å². The van der Waals surface area contributed by atoms with Gasteiger partial charge in [0.25, 0.3) is 0 Å². The van der Waals surface area contributed by atoms with Gasteiger partial charge in [-0.25, -0.2) is 4.98 Å². The third kappa shape index (κ3) is 6.52. The fourth-order valence-corrected chi connectivity index (χ4v) is 4.91. The highest BCUT2D eigenvalue weighted by molar-refractivity contribution is 7.19. The standard InChI is InChI=1S/C32H25N3O3S/c1-21-11-13-22(14-12-21)19-30(37)34-26-16-15-24(20-25(26)32(38)23-7-3-2-4-8-23)33-29(36)17-18-31-35-27-9-5-6-10-28(27)39-31/h2-18,20H,19H2,1H3,(H,33,36)(H,34,37)/b18-17+. The Bertz CT molecular complexity index is 1660. The third-order valence-electron chi connectivity index (χ3n) is 6.01. The van der Waals surface area contributed by atoms with Gasteiger partial charge in [-0.3, -0.25) is 14.4 Å². The van der Waals surface area contributed by atoms with Gasteiger partial charge in [-0.1, -0.05) is 72.3 Å². The van der Waals surface area contributed by atoms with E-state index in [1.807, 2.05) is 61.5 Å². The number of amides is 2. The number of anilines is 2. The molecule has 0 saturated heterocycles. The summed E-state index contributed by atoms with van der Waals surface area (Å²) in [4.78, 5) is 43.4. The van der Waals surface area contributed by atoms with Crippen molar-refractivity contribution in [1.29, 1.82) is 0 Å². The minimum Gasteiger partial charge on any atom is -0.325 e. The van der Waals surface area contributed by atoms with E-state index in [1.165, 1.54) is 17.4 Å². The maximum Gasteiger partial charge on any atom is 0.248 e. The predicted octanol–water partition coefficient (Wildman–Crippen LogP) is 6.67. The average Bonchev–Trinajstić information content (AvgIpc) is 3.37. The molecule has 0 aliphatic carbocycles. The van der Waals surface area contributed by atoms with Crippen LogP contribution < -0.4 is 10.6 Å². The molecule has 2 amide bonds. The van der Waals surface area contributed by atoms with Crippen LogP contribution in [0, 0.1) is 6.92 Å². The molecule has 192 valence electrons. The Morgan fingerprint density at radius 1 is 0.846 bits per heavy atom. The van der Waals surface area contributed by atoms with Crippen LogP contribution in [0.1, 0.15) is 32.1 Å². The molecular formula is C32H25N3O3S. The number of thiazole rings is 1. The number of benzene rings is 4. The predicted molar refractivity (Wildman–Crippen MR) is 157 cm³/mol. The summed E-state index contributed by atoms with van der Waals surface area (Å²) < 4.78 is 1.04. The molecule has 0 bridgehead atoms. The molecule has 1 aromatic heterocycles. The number of carbonyl (C=O) groups is 3. The number of hydrogen-bond acceptors (Lipinski definition) is 5. The molecule has 5 rings (SSSR count). The zero-order chi connectivity index (χ0) is 27.2. The van der Waals surface area contributed by atoms with Gasteiger partial charge < -0.3 is 10.6 Å². The number of carbonyl (C=O) groups excluding carboxylic acids is 3. The lowest BCUT2D eigenvalue weighted by atomic mass is 10.0. The molecule has 0 aliphatic rings. The van der Waals surface area contributed by atoms with E-state index >= 15 is 0 Å². The maximum atomic E-state index is 13.4. The lowest BCUT2D eigenvalue weighted by Crippen LogP contribution is -2.18. The van der Waals surface area contributed by atoms with Crippen LogP contribution in [-0.2, 0) is 16.0 Å². The number of aryl methyl sites for hydroxylation is 1. The fraction of sp³-hybridized carbons (Fsp3) is 0.0625. The Hall–Kier alpha value is -4.88. The van der Waals surface area contributed by atoms with Gasteiger partial charge in [-0.2, -0.15) is 0 Å². The molecule has 1 heterocycles. The van der Waals surface area contributed by atoms with Gasteiger partial charge in [-0.05, 0) is 48.9 Å². The van der Waals surface area contributed by atoms with Crippen LogP contribution >= 0.6 is 11.3 Å². The normalized spacial score (nSPS) is 11.0. The summed E-state index contributed by atoms with van der Waals surface area (Å²) in [6.07, 6.45) is 3.25. The molecule has 2 N–H and O–H groups in total. The van der Waals surface area contributed by atoms with Crippen molar-refractivity contribution in [3.63, 3.8) is 0 Å². The Morgan fingerprint density at radius 2 is 1.59 bits per heavy atom. The number of rotatable bonds is 8. The molecule has 39 heavy (non-hydrogen) atoms. The minimum atomic E-state index is -0.358. The van der Waals surface area contributed by atoms with Gasteiger partial charge in [0.15, 0.2) is 5.78 Å². The van der Waals surface area contributed by atoms with Crippen LogP contribution in [0.3, 0.4) is 0 Å². The SMILES string of the molecule is Cc1ccc(CC(=O)Nc2ccc(NC(=O)/C=C/c3nc4ccccc4s3)cc2C(=O)c2ccccc2)cc1. The van der Waals surface area contributed by atoms with Crippen molar-refractivity contribution in [2.24, 2.45) is 0 Å². The molecule has 4 aromatic carbocycles. The number of nitrogens with zero attached hydrogens (tertiary/aromatic N) is 1. The Labute approximate surface area is 230 Å². The summed E-state index contributed by atoms with van der Waals surface area (Å²) in [6, 6.07) is 29.2. The first-order valence-electron chi connectivity index (χ1n) is 12.4. The highest BCUT2D eigenvalue weighted by atomic mass is 32.1. The van der Waals surface area contributed by atoms with E-state index in [9.17, 15) is 14.4 Å². The monoisotopic (exact) mass is 531 g/mol. The van der Waals surface area contributed by atoms with Gasteiger partial charge in [0.1, 0.15) is 5.01 Å². The van der Waals surface area contributed by atoms with Crippen LogP contribution in [0.5, 0.6) is 0 Å². The van der Waals surface area contributed by atoms with Crippen molar-refractivity contribution in [2.45, 2.75) is 13.3 Å². The van der Waals surface area contributed by atoms with E-state index in [2.05, 4.69) is 15.6 Å². The average molecular weight is 532 g/mol. The van der Waals surface area contributed by atoms with Gasteiger partial charge in [0, 0.05) is 22.9 Å². The molecule has 0 spiro atoms. The van der Waals surface area contributed by atoms with E-state index in [4.69, 9.17) is 0 Å². The zero-order valence-corrected chi connectivity index (χ0v) is 22.0. The first kappa shape index (κ1) is 25.8. The van der Waals surface area contributed by atoms with Crippen molar-refractivity contribution in [3.8, 4) is 0 Å². The number of para-hydroxylation sites is 1.